The van der Waals surface area contributed by atoms with Gasteiger partial charge in [0.15, 0.2) is 0 Å². The molecule has 4 N–H and O–H groups in total. The third-order valence-corrected chi connectivity index (χ3v) is 4.37. The van der Waals surface area contributed by atoms with Gasteiger partial charge >= 0.3 is 0 Å². The van der Waals surface area contributed by atoms with Gasteiger partial charge in [-0.25, -0.2) is 5.84 Å². The van der Waals surface area contributed by atoms with Crippen LogP contribution < -0.4 is 16.6 Å². The van der Waals surface area contributed by atoms with Crippen LogP contribution in [0.1, 0.15) is 16.1 Å². The van der Waals surface area contributed by atoms with Gasteiger partial charge in [0.1, 0.15) is 5.69 Å². The SMILES string of the molecule is CN1CCN(Cc2ccc(Nc3ccnc(C(=O)NN)c3)cc2)CC1. The normalized spacial score (nSPS) is 15.8. The molecule has 2 heterocycles. The van der Waals surface area contributed by atoms with Crippen LogP contribution in [0.5, 0.6) is 0 Å². The standard InChI is InChI=1S/C18H24N6O/c1-23-8-10-24(11-9-23)13-14-2-4-15(5-3-14)21-16-6-7-20-17(12-16)18(25)22-19/h2-7,12H,8-11,13,19H2,1H3,(H,20,21)(H,22,25). The van der Waals surface area contributed by atoms with E-state index in [1.807, 2.05) is 6.07 Å². The number of pyridine rings is 1. The number of hydrogen-bond acceptors (Lipinski definition) is 6. The number of anilines is 2. The number of nitrogens with one attached hydrogen (secondary N) is 2. The predicted octanol–water partition coefficient (Wildman–Crippen LogP) is 1.18. The number of piperazine rings is 1. The zero-order valence-electron chi connectivity index (χ0n) is 14.4. The number of benzene rings is 1. The number of nitrogens with two attached hydrogens (primary N) is 1. The first-order valence-corrected chi connectivity index (χ1v) is 8.38. The summed E-state index contributed by atoms with van der Waals surface area (Å²) in [5.41, 5.74) is 5.42. The van der Waals surface area contributed by atoms with Crippen molar-refractivity contribution in [2.45, 2.75) is 6.54 Å². The molecule has 1 aliphatic heterocycles. The number of hydrogen-bond donors (Lipinski definition) is 3. The predicted molar refractivity (Wildman–Crippen MR) is 98.4 cm³/mol. The van der Waals surface area contributed by atoms with E-state index in [0.29, 0.717) is 0 Å². The average molecular weight is 340 g/mol. The number of carbonyl (C=O) groups excluding carboxylic acids is 1. The van der Waals surface area contributed by atoms with Gasteiger partial charge in [0.2, 0.25) is 0 Å². The molecule has 7 heteroatoms. The van der Waals surface area contributed by atoms with Crippen LogP contribution in [0.15, 0.2) is 42.6 Å². The highest BCUT2D eigenvalue weighted by Crippen LogP contribution is 2.18. The Morgan fingerprint density at radius 2 is 1.84 bits per heavy atom. The van der Waals surface area contributed by atoms with E-state index < -0.39 is 5.91 Å². The van der Waals surface area contributed by atoms with Gasteiger partial charge in [-0.2, -0.15) is 0 Å². The van der Waals surface area contributed by atoms with E-state index >= 15 is 0 Å². The Balaban J connectivity index is 1.60. The third kappa shape index (κ3) is 4.76. The molecule has 1 saturated heterocycles. The Morgan fingerprint density at radius 3 is 2.52 bits per heavy atom. The maximum atomic E-state index is 11.5. The van der Waals surface area contributed by atoms with Gasteiger partial charge in [-0.3, -0.25) is 20.1 Å². The largest absolute Gasteiger partial charge is 0.355 e. The Kier molecular flexibility index (Phi) is 5.60. The quantitative estimate of drug-likeness (QED) is 0.430. The second-order valence-electron chi connectivity index (χ2n) is 6.30. The van der Waals surface area contributed by atoms with Crippen LogP contribution in [-0.4, -0.2) is 53.9 Å². The molecule has 0 radical (unpaired) electrons. The molecule has 1 fully saturated rings. The topological polar surface area (TPSA) is 86.5 Å². The number of rotatable bonds is 5. The van der Waals surface area contributed by atoms with Gasteiger partial charge in [-0.05, 0) is 36.9 Å². The summed E-state index contributed by atoms with van der Waals surface area (Å²) in [4.78, 5) is 20.4. The molecule has 0 spiro atoms. The van der Waals surface area contributed by atoms with E-state index in [1.165, 1.54) is 5.56 Å². The minimum Gasteiger partial charge on any atom is -0.355 e. The summed E-state index contributed by atoms with van der Waals surface area (Å²) in [5, 5.41) is 3.28. The summed E-state index contributed by atoms with van der Waals surface area (Å²) in [5.74, 6) is 4.73. The Labute approximate surface area is 147 Å². The Hall–Kier alpha value is -2.48. The molecule has 0 saturated carbocycles. The molecule has 0 unspecified atom stereocenters. The van der Waals surface area contributed by atoms with Crippen molar-refractivity contribution >= 4 is 17.3 Å². The zero-order chi connectivity index (χ0) is 17.6. The molecule has 1 aliphatic rings. The van der Waals surface area contributed by atoms with Crippen LogP contribution in [0.3, 0.4) is 0 Å². The number of amides is 1. The van der Waals surface area contributed by atoms with Crippen molar-refractivity contribution in [3.05, 3.63) is 53.9 Å². The van der Waals surface area contributed by atoms with Gasteiger partial charge < -0.3 is 10.2 Å². The molecule has 7 nitrogen and oxygen atoms in total. The number of likely N-dealkylation sites (N-methyl/N-ethyl adjacent to an activating group) is 1. The Morgan fingerprint density at radius 1 is 1.12 bits per heavy atom. The fourth-order valence-electron chi connectivity index (χ4n) is 2.83. The van der Waals surface area contributed by atoms with Crippen LogP contribution in [0, 0.1) is 0 Å². The lowest BCUT2D eigenvalue weighted by molar-refractivity contribution is 0.0948. The smallest absolute Gasteiger partial charge is 0.283 e. The van der Waals surface area contributed by atoms with Crippen molar-refractivity contribution in [2.75, 3.05) is 38.5 Å². The third-order valence-electron chi connectivity index (χ3n) is 4.37. The first-order valence-electron chi connectivity index (χ1n) is 8.38. The molecule has 1 aromatic carbocycles. The van der Waals surface area contributed by atoms with Crippen LogP contribution >= 0.6 is 0 Å². The molecule has 0 aliphatic carbocycles. The summed E-state index contributed by atoms with van der Waals surface area (Å²) < 4.78 is 0. The van der Waals surface area contributed by atoms with Crippen molar-refractivity contribution in [3.63, 3.8) is 0 Å². The highest BCUT2D eigenvalue weighted by molar-refractivity contribution is 5.92. The molecular formula is C18H24N6O. The van der Waals surface area contributed by atoms with E-state index in [0.717, 1.165) is 44.1 Å². The molecule has 1 aromatic heterocycles. The van der Waals surface area contributed by atoms with Crippen molar-refractivity contribution in [3.8, 4) is 0 Å². The molecular weight excluding hydrogens is 316 g/mol. The zero-order valence-corrected chi connectivity index (χ0v) is 14.4. The monoisotopic (exact) mass is 340 g/mol. The van der Waals surface area contributed by atoms with E-state index in [-0.39, 0.29) is 5.69 Å². The second kappa shape index (κ2) is 8.06. The van der Waals surface area contributed by atoms with E-state index in [9.17, 15) is 4.79 Å². The number of aromatic nitrogens is 1. The molecule has 25 heavy (non-hydrogen) atoms. The fourth-order valence-corrected chi connectivity index (χ4v) is 2.83. The maximum Gasteiger partial charge on any atom is 0.283 e. The minimum absolute atomic E-state index is 0.277. The summed E-state index contributed by atoms with van der Waals surface area (Å²) in [6.45, 7) is 5.45. The summed E-state index contributed by atoms with van der Waals surface area (Å²) in [7, 11) is 2.17. The van der Waals surface area contributed by atoms with Crippen molar-refractivity contribution in [2.24, 2.45) is 5.84 Å². The van der Waals surface area contributed by atoms with Crippen LogP contribution in [0.4, 0.5) is 11.4 Å². The molecule has 2 aromatic rings. The summed E-state index contributed by atoms with van der Waals surface area (Å²) in [6, 6.07) is 11.8. The number of nitrogens with zero attached hydrogens (tertiary/aromatic N) is 3. The van der Waals surface area contributed by atoms with Crippen LogP contribution in [-0.2, 0) is 6.54 Å². The lowest BCUT2D eigenvalue weighted by Gasteiger charge is -2.32. The molecule has 132 valence electrons. The number of hydrazine groups is 1. The molecule has 0 atom stereocenters. The maximum absolute atomic E-state index is 11.5. The fraction of sp³-hybridized carbons (Fsp3) is 0.333. The van der Waals surface area contributed by atoms with Crippen molar-refractivity contribution in [1.82, 2.24) is 20.2 Å². The molecule has 1 amide bonds. The molecule has 3 rings (SSSR count). The van der Waals surface area contributed by atoms with Crippen molar-refractivity contribution < 1.29 is 4.79 Å². The number of nitrogen functional groups attached to an aromatic ring is 1. The number of carbonyl (C=O) groups is 1. The Bertz CT molecular complexity index is 710. The van der Waals surface area contributed by atoms with Gasteiger partial charge in [-0.15, -0.1) is 0 Å². The van der Waals surface area contributed by atoms with Crippen molar-refractivity contribution in [1.29, 1.82) is 0 Å². The minimum atomic E-state index is -0.411. The van der Waals surface area contributed by atoms with Crippen LogP contribution in [0.25, 0.3) is 0 Å². The van der Waals surface area contributed by atoms with E-state index in [4.69, 9.17) is 5.84 Å². The van der Waals surface area contributed by atoms with Crippen LogP contribution in [0.2, 0.25) is 0 Å². The lowest BCUT2D eigenvalue weighted by atomic mass is 10.1. The van der Waals surface area contributed by atoms with Gasteiger partial charge in [0.05, 0.1) is 0 Å². The van der Waals surface area contributed by atoms with Gasteiger partial charge in [-0.1, -0.05) is 12.1 Å². The summed E-state index contributed by atoms with van der Waals surface area (Å²) >= 11 is 0. The average Bonchev–Trinajstić information content (AvgIpc) is 2.65. The van der Waals surface area contributed by atoms with Gasteiger partial charge in [0, 0.05) is 50.3 Å². The highest BCUT2D eigenvalue weighted by Gasteiger charge is 2.13. The van der Waals surface area contributed by atoms with E-state index in [1.54, 1.807) is 12.3 Å². The first kappa shape index (κ1) is 17.3. The van der Waals surface area contributed by atoms with Gasteiger partial charge in [0.25, 0.3) is 5.91 Å². The molecule has 0 bridgehead atoms. The first-order chi connectivity index (χ1) is 12.1. The lowest BCUT2D eigenvalue weighted by Crippen LogP contribution is -2.43. The highest BCUT2D eigenvalue weighted by atomic mass is 16.2. The van der Waals surface area contributed by atoms with E-state index in [2.05, 4.69) is 56.8 Å². The summed E-state index contributed by atoms with van der Waals surface area (Å²) in [6.07, 6.45) is 1.58. The second-order valence-corrected chi connectivity index (χ2v) is 6.30.